The number of hydrogen-bond donors (Lipinski definition) is 1. The summed E-state index contributed by atoms with van der Waals surface area (Å²) in [7, 11) is 0. The van der Waals surface area contributed by atoms with Gasteiger partial charge in [0.1, 0.15) is 18.2 Å². The summed E-state index contributed by atoms with van der Waals surface area (Å²) in [6.07, 6.45) is 7.36. The molecule has 1 unspecified atom stereocenters. The molecule has 0 amide bonds. The minimum absolute atomic E-state index is 0.00442. The first-order valence-corrected chi connectivity index (χ1v) is 8.30. The fourth-order valence-electron chi connectivity index (χ4n) is 3.02. The van der Waals surface area contributed by atoms with Crippen LogP contribution in [0.3, 0.4) is 0 Å². The van der Waals surface area contributed by atoms with Crippen molar-refractivity contribution in [2.75, 3.05) is 26.4 Å². The standard InChI is InChI=1S/C18H24N2O3/c21-11-13-23-17-6-2-1-5-16(17)18-19-8-10-20(18)9-7-15-4-3-12-22-14-15/h1-2,5-6,8,10,15,21H,3-4,7,9,11-14H2. The van der Waals surface area contributed by atoms with Gasteiger partial charge in [-0.3, -0.25) is 0 Å². The number of benzene rings is 1. The predicted octanol–water partition coefficient (Wildman–Crippen LogP) is 2.74. The lowest BCUT2D eigenvalue weighted by Gasteiger charge is -2.22. The van der Waals surface area contributed by atoms with Crippen molar-refractivity contribution >= 4 is 0 Å². The van der Waals surface area contributed by atoms with Gasteiger partial charge in [-0.15, -0.1) is 0 Å². The zero-order valence-electron chi connectivity index (χ0n) is 13.4. The molecule has 0 spiro atoms. The summed E-state index contributed by atoms with van der Waals surface area (Å²) in [6, 6.07) is 7.84. The highest BCUT2D eigenvalue weighted by atomic mass is 16.5. The Bertz CT molecular complexity index is 606. The number of hydrogen-bond acceptors (Lipinski definition) is 4. The van der Waals surface area contributed by atoms with Gasteiger partial charge < -0.3 is 19.1 Å². The molecule has 0 radical (unpaired) electrons. The normalized spacial score (nSPS) is 18.0. The van der Waals surface area contributed by atoms with E-state index in [4.69, 9.17) is 14.6 Å². The predicted molar refractivity (Wildman–Crippen MR) is 88.4 cm³/mol. The van der Waals surface area contributed by atoms with E-state index in [9.17, 15) is 0 Å². The highest BCUT2D eigenvalue weighted by molar-refractivity contribution is 5.64. The molecule has 0 saturated carbocycles. The molecule has 1 atom stereocenters. The summed E-state index contributed by atoms with van der Waals surface area (Å²) in [5.41, 5.74) is 0.964. The van der Waals surface area contributed by atoms with Crippen LogP contribution in [0.25, 0.3) is 11.4 Å². The van der Waals surface area contributed by atoms with E-state index in [0.29, 0.717) is 5.92 Å². The Balaban J connectivity index is 1.72. The Hall–Kier alpha value is -1.85. The lowest BCUT2D eigenvalue weighted by Crippen LogP contribution is -2.19. The molecule has 124 valence electrons. The van der Waals surface area contributed by atoms with Crippen LogP contribution in [0.15, 0.2) is 36.7 Å². The molecule has 0 bridgehead atoms. The maximum absolute atomic E-state index is 8.97. The molecular formula is C18H24N2O3. The third kappa shape index (κ3) is 4.12. The number of ether oxygens (including phenoxy) is 2. The lowest BCUT2D eigenvalue weighted by molar-refractivity contribution is 0.0501. The second-order valence-electron chi connectivity index (χ2n) is 5.88. The quantitative estimate of drug-likeness (QED) is 0.853. The van der Waals surface area contributed by atoms with Crippen molar-refractivity contribution in [2.45, 2.75) is 25.8 Å². The Kier molecular flexibility index (Phi) is 5.66. The summed E-state index contributed by atoms with van der Waals surface area (Å²) in [4.78, 5) is 4.51. The van der Waals surface area contributed by atoms with E-state index in [1.165, 1.54) is 12.8 Å². The molecule has 1 saturated heterocycles. The zero-order chi connectivity index (χ0) is 15.9. The smallest absolute Gasteiger partial charge is 0.143 e. The first-order chi connectivity index (χ1) is 11.4. The topological polar surface area (TPSA) is 56.5 Å². The van der Waals surface area contributed by atoms with Crippen molar-refractivity contribution in [1.29, 1.82) is 0 Å². The van der Waals surface area contributed by atoms with Crippen LogP contribution in [0, 0.1) is 5.92 Å². The van der Waals surface area contributed by atoms with Crippen LogP contribution in [0.2, 0.25) is 0 Å². The van der Waals surface area contributed by atoms with Crippen molar-refractivity contribution in [3.05, 3.63) is 36.7 Å². The Labute approximate surface area is 136 Å². The summed E-state index contributed by atoms with van der Waals surface area (Å²) >= 11 is 0. The van der Waals surface area contributed by atoms with Gasteiger partial charge in [0.25, 0.3) is 0 Å². The minimum atomic E-state index is 0.00442. The second-order valence-corrected chi connectivity index (χ2v) is 5.88. The molecule has 0 aliphatic carbocycles. The van der Waals surface area contributed by atoms with Crippen LogP contribution in [-0.4, -0.2) is 41.1 Å². The van der Waals surface area contributed by atoms with E-state index >= 15 is 0 Å². The van der Waals surface area contributed by atoms with Crippen molar-refractivity contribution in [1.82, 2.24) is 9.55 Å². The van der Waals surface area contributed by atoms with E-state index in [1.807, 2.05) is 36.7 Å². The molecule has 5 nitrogen and oxygen atoms in total. The summed E-state index contributed by atoms with van der Waals surface area (Å²) in [5, 5.41) is 8.97. The second kappa shape index (κ2) is 8.13. The van der Waals surface area contributed by atoms with Crippen LogP contribution in [-0.2, 0) is 11.3 Å². The number of nitrogens with zero attached hydrogens (tertiary/aromatic N) is 2. The van der Waals surface area contributed by atoms with Gasteiger partial charge in [-0.1, -0.05) is 12.1 Å². The third-order valence-corrected chi connectivity index (χ3v) is 4.23. The van der Waals surface area contributed by atoms with Gasteiger partial charge in [-0.05, 0) is 37.3 Å². The van der Waals surface area contributed by atoms with E-state index < -0.39 is 0 Å². The first kappa shape index (κ1) is 16.0. The fraction of sp³-hybridized carbons (Fsp3) is 0.500. The van der Waals surface area contributed by atoms with E-state index in [1.54, 1.807) is 0 Å². The van der Waals surface area contributed by atoms with E-state index in [2.05, 4.69) is 9.55 Å². The maximum Gasteiger partial charge on any atom is 0.143 e. The molecule has 5 heteroatoms. The van der Waals surface area contributed by atoms with Crippen LogP contribution in [0.4, 0.5) is 0 Å². The molecule has 1 aliphatic rings. The Morgan fingerprint density at radius 3 is 3.09 bits per heavy atom. The van der Waals surface area contributed by atoms with Gasteiger partial charge in [-0.2, -0.15) is 0 Å². The van der Waals surface area contributed by atoms with Crippen LogP contribution in [0.5, 0.6) is 5.75 Å². The van der Waals surface area contributed by atoms with Gasteiger partial charge in [0.2, 0.25) is 0 Å². The summed E-state index contributed by atoms with van der Waals surface area (Å²) < 4.78 is 13.4. The Morgan fingerprint density at radius 1 is 1.35 bits per heavy atom. The molecule has 1 aromatic heterocycles. The third-order valence-electron chi connectivity index (χ3n) is 4.23. The van der Waals surface area contributed by atoms with Gasteiger partial charge in [-0.25, -0.2) is 4.98 Å². The number of para-hydroxylation sites is 1. The molecule has 3 rings (SSSR count). The lowest BCUT2D eigenvalue weighted by atomic mass is 9.98. The molecule has 2 heterocycles. The number of aliphatic hydroxyl groups excluding tert-OH is 1. The van der Waals surface area contributed by atoms with Crippen molar-refractivity contribution in [2.24, 2.45) is 5.92 Å². The molecule has 23 heavy (non-hydrogen) atoms. The highest BCUT2D eigenvalue weighted by Crippen LogP contribution is 2.29. The molecule has 2 aromatic rings. The minimum Gasteiger partial charge on any atom is -0.490 e. The number of aromatic nitrogens is 2. The van der Waals surface area contributed by atoms with E-state index in [0.717, 1.165) is 43.3 Å². The Morgan fingerprint density at radius 2 is 2.26 bits per heavy atom. The van der Waals surface area contributed by atoms with Crippen LogP contribution < -0.4 is 4.74 Å². The average molecular weight is 316 g/mol. The summed E-state index contributed by atoms with van der Waals surface area (Å²) in [6.45, 7) is 3.00. The maximum atomic E-state index is 8.97. The first-order valence-electron chi connectivity index (χ1n) is 8.30. The zero-order valence-corrected chi connectivity index (χ0v) is 13.4. The largest absolute Gasteiger partial charge is 0.490 e. The monoisotopic (exact) mass is 316 g/mol. The molecule has 1 N–H and O–H groups in total. The van der Waals surface area contributed by atoms with Crippen LogP contribution >= 0.6 is 0 Å². The molecule has 1 aromatic carbocycles. The van der Waals surface area contributed by atoms with Gasteiger partial charge in [0, 0.05) is 32.2 Å². The molecule has 1 fully saturated rings. The number of imidazole rings is 1. The van der Waals surface area contributed by atoms with Gasteiger partial charge in [0.05, 0.1) is 12.2 Å². The SMILES string of the molecule is OCCOc1ccccc1-c1nccn1CCC1CCCOC1. The van der Waals surface area contributed by atoms with Crippen molar-refractivity contribution < 1.29 is 14.6 Å². The molecule has 1 aliphatic heterocycles. The van der Waals surface area contributed by atoms with E-state index in [-0.39, 0.29) is 13.2 Å². The number of aryl methyl sites for hydroxylation is 1. The summed E-state index contributed by atoms with van der Waals surface area (Å²) in [5.74, 6) is 2.31. The fourth-order valence-corrected chi connectivity index (χ4v) is 3.02. The number of aliphatic hydroxyl groups is 1. The van der Waals surface area contributed by atoms with Crippen molar-refractivity contribution in [3.8, 4) is 17.1 Å². The van der Waals surface area contributed by atoms with Gasteiger partial charge in [0.15, 0.2) is 0 Å². The highest BCUT2D eigenvalue weighted by Gasteiger charge is 2.16. The molecular weight excluding hydrogens is 292 g/mol. The van der Waals surface area contributed by atoms with Crippen LogP contribution in [0.1, 0.15) is 19.3 Å². The van der Waals surface area contributed by atoms with Gasteiger partial charge >= 0.3 is 0 Å². The number of rotatable bonds is 7. The average Bonchev–Trinajstić information content (AvgIpc) is 3.07. The van der Waals surface area contributed by atoms with Crippen molar-refractivity contribution in [3.63, 3.8) is 0 Å².